The number of para-hydroxylation sites is 2. The van der Waals surface area contributed by atoms with Crippen LogP contribution in [-0.2, 0) is 0 Å². The molecule has 0 aliphatic heterocycles. The molecule has 17 aromatic carbocycles. The van der Waals surface area contributed by atoms with Crippen molar-refractivity contribution in [1.29, 1.82) is 0 Å². The number of anilines is 3. The molecule has 0 amide bonds. The summed E-state index contributed by atoms with van der Waals surface area (Å²) in [6.07, 6.45) is 1.92. The second-order valence-electron chi connectivity index (χ2n) is 25.9. The Bertz CT molecular complexity index is 6400. The second kappa shape index (κ2) is 25.1. The molecule has 5 heteroatoms. The Morgan fingerprint density at radius 3 is 1.34 bits per heavy atom. The van der Waals surface area contributed by atoms with Gasteiger partial charge in [-0.3, -0.25) is 4.98 Å². The standard InChI is InChI=1S/C56H38N2.C40H24N2S/c1-2-16-45(17-3-1)58-55-23-9-8-20-53(55)54-38-44(30-37-56(54)58)39-24-31-46(32-25-39)57(47-33-26-42(27-34-47)51-21-10-14-40-12-4-6-18-49(40)51)48-35-28-43(29-36-48)52-22-11-15-41-13-5-7-19-50(41)52;1-3-17-33-30(14-1)31-15-2-4-18-34(31)39-38(33)41-24-36(42-39)28-13-8-11-26(23-28)25-10-7-12-27(22-25)29-19-9-20-35-32-16-5-6-21-37(32)43-40(29)35/h1-38H;1-24H. The van der Waals surface area contributed by atoms with Gasteiger partial charge in [0.1, 0.15) is 0 Å². The number of aromatic nitrogens is 3. The van der Waals surface area contributed by atoms with Crippen LogP contribution in [0.2, 0.25) is 0 Å². The van der Waals surface area contributed by atoms with E-state index in [4.69, 9.17) is 9.97 Å². The van der Waals surface area contributed by atoms with Crippen LogP contribution in [-0.4, -0.2) is 14.5 Å². The molecule has 0 aliphatic carbocycles. The normalized spacial score (nSPS) is 11.6. The lowest BCUT2D eigenvalue weighted by Gasteiger charge is -2.26. The van der Waals surface area contributed by atoms with Gasteiger partial charge in [-0.05, 0) is 173 Å². The molecular formula is C96H62N4S. The van der Waals surface area contributed by atoms with Crippen molar-refractivity contribution >= 4 is 125 Å². The first-order chi connectivity index (χ1) is 50.1. The summed E-state index contributed by atoms with van der Waals surface area (Å²) in [4.78, 5) is 12.6. The zero-order valence-electron chi connectivity index (χ0n) is 55.0. The molecule has 20 rings (SSSR count). The van der Waals surface area contributed by atoms with Gasteiger partial charge < -0.3 is 9.47 Å². The Balaban J connectivity index is 0.000000146. The molecule has 0 fully saturated rings. The fourth-order valence-electron chi connectivity index (χ4n) is 15.3. The Labute approximate surface area is 588 Å². The van der Waals surface area contributed by atoms with Gasteiger partial charge in [-0.1, -0.05) is 285 Å². The number of hydrogen-bond acceptors (Lipinski definition) is 4. The summed E-state index contributed by atoms with van der Waals surface area (Å²) < 4.78 is 5.03. The monoisotopic (exact) mass is 1300 g/mol. The Kier molecular flexibility index (Phi) is 14.7. The molecule has 0 spiro atoms. The van der Waals surface area contributed by atoms with E-state index < -0.39 is 0 Å². The molecule has 101 heavy (non-hydrogen) atoms. The van der Waals surface area contributed by atoms with E-state index in [9.17, 15) is 0 Å². The molecule has 0 N–H and O–H groups in total. The van der Waals surface area contributed by atoms with Crippen molar-refractivity contribution in [1.82, 2.24) is 14.5 Å². The number of hydrogen-bond donors (Lipinski definition) is 0. The van der Waals surface area contributed by atoms with Crippen molar-refractivity contribution in [2.45, 2.75) is 0 Å². The second-order valence-corrected chi connectivity index (χ2v) is 27.0. The maximum atomic E-state index is 5.22. The molecule has 3 aromatic heterocycles. The lowest BCUT2D eigenvalue weighted by Crippen LogP contribution is -2.09. The SMILES string of the molecule is c1cc(-c2cccc(-c3cccc4c3sc3ccccc34)c2)cc(-c2cnc3c4ccccc4c4ccccc4c3n2)c1.c1ccc(-n2c3ccccc3c3cc(-c4ccc(N(c5ccc(-c6cccc7ccccc67)cc5)c5ccc(-c6cccc7ccccc67)cc5)cc4)ccc32)cc1. The molecule has 0 atom stereocenters. The molecule has 0 bridgehead atoms. The van der Waals surface area contributed by atoms with E-state index in [1.54, 1.807) is 0 Å². The van der Waals surface area contributed by atoms with E-state index in [-0.39, 0.29) is 0 Å². The third-order valence-electron chi connectivity index (χ3n) is 20.1. The predicted molar refractivity (Wildman–Crippen MR) is 431 cm³/mol. The Morgan fingerprint density at radius 2 is 0.693 bits per heavy atom. The van der Waals surface area contributed by atoms with E-state index in [2.05, 4.69) is 380 Å². The van der Waals surface area contributed by atoms with Gasteiger partial charge in [0.2, 0.25) is 0 Å². The maximum Gasteiger partial charge on any atom is 0.0979 e. The molecule has 472 valence electrons. The van der Waals surface area contributed by atoms with Crippen LogP contribution in [0.5, 0.6) is 0 Å². The molecule has 3 heterocycles. The van der Waals surface area contributed by atoms with Crippen LogP contribution in [0.25, 0.3) is 169 Å². The number of fused-ring (bicyclic) bond motifs is 14. The minimum absolute atomic E-state index is 0.876. The van der Waals surface area contributed by atoms with Crippen LogP contribution in [0.1, 0.15) is 0 Å². The van der Waals surface area contributed by atoms with Gasteiger partial charge in [0.15, 0.2) is 0 Å². The molecule has 0 radical (unpaired) electrons. The van der Waals surface area contributed by atoms with Crippen LogP contribution < -0.4 is 4.90 Å². The Morgan fingerprint density at radius 1 is 0.257 bits per heavy atom. The highest BCUT2D eigenvalue weighted by Crippen LogP contribution is 2.44. The first kappa shape index (κ1) is 59.2. The first-order valence-electron chi connectivity index (χ1n) is 34.4. The third kappa shape index (κ3) is 10.6. The topological polar surface area (TPSA) is 34.0 Å². The zero-order valence-corrected chi connectivity index (χ0v) is 55.8. The minimum atomic E-state index is 0.876. The number of rotatable bonds is 10. The zero-order chi connectivity index (χ0) is 66.7. The van der Waals surface area contributed by atoms with Crippen molar-refractivity contribution in [3.05, 3.63) is 376 Å². The van der Waals surface area contributed by atoms with Crippen LogP contribution in [0, 0.1) is 0 Å². The van der Waals surface area contributed by atoms with Crippen molar-refractivity contribution in [2.75, 3.05) is 4.90 Å². The summed E-state index contributed by atoms with van der Waals surface area (Å²) in [5.41, 5.74) is 22.8. The smallest absolute Gasteiger partial charge is 0.0979 e. The van der Waals surface area contributed by atoms with Crippen molar-refractivity contribution in [2.24, 2.45) is 0 Å². The van der Waals surface area contributed by atoms with Crippen LogP contribution >= 0.6 is 11.3 Å². The number of benzene rings is 17. The van der Waals surface area contributed by atoms with E-state index in [1.807, 2.05) is 17.5 Å². The highest BCUT2D eigenvalue weighted by molar-refractivity contribution is 7.26. The lowest BCUT2D eigenvalue weighted by molar-refractivity contribution is 1.18. The average molecular weight is 1300 g/mol. The predicted octanol–water partition coefficient (Wildman–Crippen LogP) is 26.9. The number of nitrogens with zero attached hydrogens (tertiary/aromatic N) is 4. The summed E-state index contributed by atoms with van der Waals surface area (Å²) in [6.45, 7) is 0. The molecule has 0 saturated carbocycles. The summed E-state index contributed by atoms with van der Waals surface area (Å²) in [7, 11) is 0. The van der Waals surface area contributed by atoms with Crippen molar-refractivity contribution in [3.8, 4) is 72.6 Å². The minimum Gasteiger partial charge on any atom is -0.311 e. The molecule has 20 aromatic rings. The van der Waals surface area contributed by atoms with Crippen LogP contribution in [0.15, 0.2) is 376 Å². The van der Waals surface area contributed by atoms with E-state index in [0.29, 0.717) is 0 Å². The largest absolute Gasteiger partial charge is 0.311 e. The Hall–Kier alpha value is -13.1. The van der Waals surface area contributed by atoms with Crippen LogP contribution in [0.4, 0.5) is 17.1 Å². The average Bonchev–Trinajstić information content (AvgIpc) is 1.68. The van der Waals surface area contributed by atoms with Gasteiger partial charge in [-0.25, -0.2) is 4.98 Å². The van der Waals surface area contributed by atoms with Gasteiger partial charge in [0.25, 0.3) is 0 Å². The molecule has 4 nitrogen and oxygen atoms in total. The quantitative estimate of drug-likeness (QED) is 0.128. The summed E-state index contributed by atoms with van der Waals surface area (Å²) in [5.74, 6) is 0. The fourth-order valence-corrected chi connectivity index (χ4v) is 16.5. The summed E-state index contributed by atoms with van der Waals surface area (Å²) in [6, 6.07) is 133. The van der Waals surface area contributed by atoms with E-state index in [1.165, 1.54) is 130 Å². The van der Waals surface area contributed by atoms with Gasteiger partial charge in [-0.15, -0.1) is 11.3 Å². The molecule has 0 unspecified atom stereocenters. The fraction of sp³-hybridized carbons (Fsp3) is 0. The summed E-state index contributed by atoms with van der Waals surface area (Å²) in [5, 5.41) is 14.8. The number of thiophene rings is 1. The highest BCUT2D eigenvalue weighted by atomic mass is 32.1. The van der Waals surface area contributed by atoms with Gasteiger partial charge >= 0.3 is 0 Å². The maximum absolute atomic E-state index is 5.22. The molecule has 0 aliphatic rings. The van der Waals surface area contributed by atoms with E-state index >= 15 is 0 Å². The van der Waals surface area contributed by atoms with Gasteiger partial charge in [-0.2, -0.15) is 0 Å². The first-order valence-corrected chi connectivity index (χ1v) is 35.2. The lowest BCUT2D eigenvalue weighted by atomic mass is 9.96. The molecular weight excluding hydrogens is 1240 g/mol. The molecule has 0 saturated heterocycles. The van der Waals surface area contributed by atoms with Crippen molar-refractivity contribution in [3.63, 3.8) is 0 Å². The van der Waals surface area contributed by atoms with Crippen LogP contribution in [0.3, 0.4) is 0 Å². The highest BCUT2D eigenvalue weighted by Gasteiger charge is 2.19. The van der Waals surface area contributed by atoms with E-state index in [0.717, 1.165) is 55.7 Å². The van der Waals surface area contributed by atoms with Gasteiger partial charge in [0.05, 0.1) is 34.0 Å². The van der Waals surface area contributed by atoms with Gasteiger partial charge in [0, 0.05) is 70.0 Å². The summed E-state index contributed by atoms with van der Waals surface area (Å²) >= 11 is 1.87. The van der Waals surface area contributed by atoms with Crippen molar-refractivity contribution < 1.29 is 0 Å². The third-order valence-corrected chi connectivity index (χ3v) is 21.3.